The molecule has 0 saturated heterocycles. The Labute approximate surface area is 101 Å². The minimum Gasteiger partial charge on any atom is -0.805 e. The van der Waals surface area contributed by atoms with E-state index in [1.54, 1.807) is 36.4 Å². The van der Waals surface area contributed by atoms with E-state index in [4.69, 9.17) is 11.6 Å². The molecule has 0 atom stereocenters. The lowest BCUT2D eigenvalue weighted by Crippen LogP contribution is -2.19. The van der Waals surface area contributed by atoms with Crippen LogP contribution < -0.4 is 4.43 Å². The monoisotopic (exact) mass is 246 g/mol. The van der Waals surface area contributed by atoms with Gasteiger partial charge in [-0.1, -0.05) is 23.7 Å². The first-order chi connectivity index (χ1) is 8.18. The second-order valence-electron chi connectivity index (χ2n) is 3.71. The molecule has 2 aromatic carbocycles. The molecule has 0 aliphatic rings. The van der Waals surface area contributed by atoms with Gasteiger partial charge in [0.1, 0.15) is 11.0 Å². The Hall–Kier alpha value is -2.07. The van der Waals surface area contributed by atoms with Crippen molar-refractivity contribution in [2.45, 2.75) is 0 Å². The molecule has 17 heavy (non-hydrogen) atoms. The van der Waals surface area contributed by atoms with E-state index in [0.717, 1.165) is 9.16 Å². The summed E-state index contributed by atoms with van der Waals surface area (Å²) in [5.41, 5.74) is 1.25. The average Bonchev–Trinajstić information content (AvgIpc) is 2.36. The molecule has 3 rings (SSSR count). The number of halogens is 1. The van der Waals surface area contributed by atoms with Gasteiger partial charge in [-0.3, -0.25) is 0 Å². The fourth-order valence-corrected chi connectivity index (χ4v) is 2.06. The molecule has 0 aliphatic heterocycles. The molecule has 3 aromatic rings. The van der Waals surface area contributed by atoms with Gasteiger partial charge in [0.15, 0.2) is 0 Å². The summed E-state index contributed by atoms with van der Waals surface area (Å²) in [4.78, 5) is 12.1. The summed E-state index contributed by atoms with van der Waals surface area (Å²) in [6.07, 6.45) is 0. The molecule has 1 aromatic heterocycles. The van der Waals surface area contributed by atoms with Gasteiger partial charge < -0.3 is 9.94 Å². The van der Waals surface area contributed by atoms with E-state index in [0.29, 0.717) is 21.6 Å². The number of para-hydroxylation sites is 2. The predicted octanol–water partition coefficient (Wildman–Crippen LogP) is 2.71. The van der Waals surface area contributed by atoms with Crippen LogP contribution in [0, 0.1) is 10.1 Å². The van der Waals surface area contributed by atoms with Gasteiger partial charge in [-0.05, 0) is 18.2 Å². The second kappa shape index (κ2) is 3.46. The van der Waals surface area contributed by atoms with E-state index in [1.165, 1.54) is 6.07 Å². The molecule has 0 spiro atoms. The summed E-state index contributed by atoms with van der Waals surface area (Å²) < 4.78 is 1.47. The van der Waals surface area contributed by atoms with Crippen LogP contribution in [0.5, 0.6) is 0 Å². The van der Waals surface area contributed by atoms with E-state index < -0.39 is 0 Å². The van der Waals surface area contributed by atoms with Crippen molar-refractivity contribution in [2.24, 2.45) is 0 Å². The van der Waals surface area contributed by atoms with Crippen LogP contribution >= 0.6 is 11.6 Å². The highest BCUT2D eigenvalue weighted by atomic mass is 35.5. The average molecular weight is 247 g/mol. The van der Waals surface area contributed by atoms with Crippen molar-refractivity contribution in [2.75, 3.05) is 0 Å². The lowest BCUT2D eigenvalue weighted by atomic mass is 10.2. The second-order valence-corrected chi connectivity index (χ2v) is 4.15. The molecule has 0 fully saturated rings. The van der Waals surface area contributed by atoms with Crippen LogP contribution in [0.2, 0.25) is 5.02 Å². The molecule has 0 amide bonds. The summed E-state index contributed by atoms with van der Waals surface area (Å²) in [5.74, 6) is 0. The van der Waals surface area contributed by atoms with Gasteiger partial charge in [0.2, 0.25) is 0 Å². The fraction of sp³-hybridized carbons (Fsp3) is 0. The molecule has 1 heterocycles. The van der Waals surface area contributed by atoms with E-state index in [1.807, 2.05) is 0 Å². The Balaban J connectivity index is 2.68. The van der Waals surface area contributed by atoms with Gasteiger partial charge in [0.05, 0.1) is 4.43 Å². The zero-order valence-corrected chi connectivity index (χ0v) is 9.39. The first-order valence-electron chi connectivity index (χ1n) is 5.01. The molecule has 0 bridgehead atoms. The number of benzene rings is 2. The first-order valence-corrected chi connectivity index (χ1v) is 5.39. The van der Waals surface area contributed by atoms with Crippen LogP contribution in [0.3, 0.4) is 0 Å². The van der Waals surface area contributed by atoms with Crippen LogP contribution in [0.4, 0.5) is 0 Å². The molecular formula is C12H7ClN2O2. The van der Waals surface area contributed by atoms with Crippen LogP contribution in [-0.2, 0) is 0 Å². The molecular weight excluding hydrogens is 240 g/mol. The highest BCUT2D eigenvalue weighted by Gasteiger charge is 2.14. The fourth-order valence-electron chi connectivity index (χ4n) is 1.90. The zero-order chi connectivity index (χ0) is 12.0. The summed E-state index contributed by atoms with van der Waals surface area (Å²) >= 11 is 5.83. The van der Waals surface area contributed by atoms with Crippen molar-refractivity contribution >= 4 is 33.7 Å². The molecule has 84 valence electrons. The maximum atomic E-state index is 12.1. The standard InChI is InChI=1S/C12H7ClN2O2/c13-8-5-6-11-12(7-8)15(17)10-4-2-1-3-9(10)14(11)16/h1-7H. The van der Waals surface area contributed by atoms with Crippen LogP contribution in [0.15, 0.2) is 42.5 Å². The number of aromatic nitrogens is 2. The predicted molar refractivity (Wildman–Crippen MR) is 66.6 cm³/mol. The molecule has 4 nitrogen and oxygen atoms in total. The quantitative estimate of drug-likeness (QED) is 0.452. The largest absolute Gasteiger partial charge is 0.805 e. The molecule has 0 radical (unpaired) electrons. The van der Waals surface area contributed by atoms with Crippen molar-refractivity contribution in [1.82, 2.24) is 4.73 Å². The lowest BCUT2D eigenvalue weighted by Gasteiger charge is -2.13. The van der Waals surface area contributed by atoms with Gasteiger partial charge >= 0.3 is 0 Å². The smallest absolute Gasteiger partial charge is 0.286 e. The van der Waals surface area contributed by atoms with Crippen molar-refractivity contribution in [3.8, 4) is 0 Å². The zero-order valence-electron chi connectivity index (χ0n) is 8.63. The van der Waals surface area contributed by atoms with Crippen molar-refractivity contribution in [3.63, 3.8) is 0 Å². The van der Waals surface area contributed by atoms with Gasteiger partial charge in [-0.15, -0.1) is 0 Å². The highest BCUT2D eigenvalue weighted by molar-refractivity contribution is 6.31. The Bertz CT molecular complexity index is 795. The molecule has 0 unspecified atom stereocenters. The maximum Gasteiger partial charge on any atom is 0.286 e. The Morgan fingerprint density at radius 1 is 1.06 bits per heavy atom. The van der Waals surface area contributed by atoms with E-state index >= 15 is 0 Å². The SMILES string of the molecule is O=[n+]1c2ccccc2n([O-])c2cc(Cl)ccc21. The Kier molecular flexibility index (Phi) is 2.06. The van der Waals surface area contributed by atoms with Crippen molar-refractivity contribution in [1.29, 1.82) is 0 Å². The number of nitrogens with zero attached hydrogens (tertiary/aromatic N) is 2. The Morgan fingerprint density at radius 3 is 2.59 bits per heavy atom. The van der Waals surface area contributed by atoms with Gasteiger partial charge in [0.25, 0.3) is 11.0 Å². The first kappa shape index (κ1) is 10.1. The number of hydrogen-bond donors (Lipinski definition) is 0. The molecule has 0 N–H and O–H groups in total. The van der Waals surface area contributed by atoms with Gasteiger partial charge in [-0.2, -0.15) is 0 Å². The molecule has 0 aliphatic carbocycles. The number of fused-ring (bicyclic) bond motifs is 2. The normalized spacial score (nSPS) is 11.1. The number of hydrogen-bond acceptors (Lipinski definition) is 2. The third-order valence-corrected chi connectivity index (χ3v) is 2.93. The topological polar surface area (TPSA) is 51.0 Å². The maximum absolute atomic E-state index is 12.1. The number of rotatable bonds is 0. The summed E-state index contributed by atoms with van der Waals surface area (Å²) in [6, 6.07) is 11.3. The summed E-state index contributed by atoms with van der Waals surface area (Å²) in [5, 5.41) is 12.5. The third kappa shape index (κ3) is 1.38. The van der Waals surface area contributed by atoms with Crippen LogP contribution in [-0.4, -0.2) is 4.73 Å². The summed E-state index contributed by atoms with van der Waals surface area (Å²) in [7, 11) is 0. The molecule has 0 saturated carbocycles. The molecule has 5 heteroatoms. The van der Waals surface area contributed by atoms with E-state index in [9.17, 15) is 10.1 Å². The highest BCUT2D eigenvalue weighted by Crippen LogP contribution is 2.20. The van der Waals surface area contributed by atoms with Crippen molar-refractivity contribution < 1.29 is 4.43 Å². The van der Waals surface area contributed by atoms with E-state index in [2.05, 4.69) is 0 Å². The summed E-state index contributed by atoms with van der Waals surface area (Å²) in [6.45, 7) is 0. The van der Waals surface area contributed by atoms with Crippen LogP contribution in [0.1, 0.15) is 0 Å². The van der Waals surface area contributed by atoms with E-state index in [-0.39, 0.29) is 5.52 Å². The van der Waals surface area contributed by atoms with Gasteiger partial charge in [-0.25, -0.2) is 0 Å². The third-order valence-electron chi connectivity index (χ3n) is 2.69. The lowest BCUT2D eigenvalue weighted by molar-refractivity contribution is -0.432. The minimum absolute atomic E-state index is 0.270. The van der Waals surface area contributed by atoms with Crippen molar-refractivity contribution in [3.05, 3.63) is 57.6 Å². The van der Waals surface area contributed by atoms with Crippen LogP contribution in [0.25, 0.3) is 22.1 Å². The Morgan fingerprint density at radius 2 is 1.76 bits per heavy atom. The van der Waals surface area contributed by atoms with Gasteiger partial charge in [0, 0.05) is 22.1 Å². The minimum atomic E-state index is 0.270.